The summed E-state index contributed by atoms with van der Waals surface area (Å²) in [7, 11) is 1.30. The first kappa shape index (κ1) is 15.8. The van der Waals surface area contributed by atoms with E-state index in [0.717, 1.165) is 16.4 Å². The number of rotatable bonds is 5. The molecule has 0 aliphatic heterocycles. The van der Waals surface area contributed by atoms with E-state index in [2.05, 4.69) is 9.82 Å². The fraction of sp³-hybridized carbons (Fsp3) is 0.231. The molecule has 0 aliphatic rings. The zero-order chi connectivity index (χ0) is 16.5. The molecule has 0 radical (unpaired) electrons. The van der Waals surface area contributed by atoms with E-state index >= 15 is 0 Å². The number of benzene rings is 1. The lowest BCUT2D eigenvalue weighted by Crippen LogP contribution is -2.14. The largest absolute Gasteiger partial charge is 0.477 e. The highest BCUT2D eigenvalue weighted by molar-refractivity contribution is 7.92. The average molecular weight is 324 g/mol. The molecule has 22 heavy (non-hydrogen) atoms. The molecular formula is C13H16N4O4S. The van der Waals surface area contributed by atoms with E-state index in [4.69, 9.17) is 5.11 Å². The van der Waals surface area contributed by atoms with Crippen molar-refractivity contribution in [3.8, 4) is 0 Å². The summed E-state index contributed by atoms with van der Waals surface area (Å²) in [5, 5.41) is 12.8. The minimum atomic E-state index is -3.82. The van der Waals surface area contributed by atoms with Gasteiger partial charge in [-0.2, -0.15) is 5.10 Å². The SMILES string of the molecule is CN(C)c1ccc(S(=O)(=O)Nc2cc(C(=O)O)n(C)n2)cc1. The highest BCUT2D eigenvalue weighted by Crippen LogP contribution is 2.19. The lowest BCUT2D eigenvalue weighted by molar-refractivity contribution is 0.0685. The van der Waals surface area contributed by atoms with E-state index < -0.39 is 16.0 Å². The zero-order valence-electron chi connectivity index (χ0n) is 12.3. The van der Waals surface area contributed by atoms with E-state index in [1.54, 1.807) is 12.1 Å². The number of carboxylic acid groups (broad SMARTS) is 1. The number of carbonyl (C=O) groups is 1. The van der Waals surface area contributed by atoms with Crippen molar-refractivity contribution in [2.75, 3.05) is 23.7 Å². The standard InChI is InChI=1S/C13H16N4O4S/c1-16(2)9-4-6-10(7-5-9)22(20,21)15-12-8-11(13(18)19)17(3)14-12/h4-8H,1-3H3,(H,14,15)(H,18,19). The molecule has 118 valence electrons. The summed E-state index contributed by atoms with van der Waals surface area (Å²) >= 11 is 0. The normalized spacial score (nSPS) is 11.2. The van der Waals surface area contributed by atoms with Crippen LogP contribution in [-0.4, -0.2) is 43.4 Å². The Morgan fingerprint density at radius 3 is 2.32 bits per heavy atom. The van der Waals surface area contributed by atoms with Crippen molar-refractivity contribution in [2.24, 2.45) is 7.05 Å². The number of sulfonamides is 1. The third-order valence-electron chi connectivity index (χ3n) is 3.00. The molecule has 2 aromatic rings. The van der Waals surface area contributed by atoms with Crippen molar-refractivity contribution in [2.45, 2.75) is 4.90 Å². The Hall–Kier alpha value is -2.55. The number of nitrogens with zero attached hydrogens (tertiary/aromatic N) is 3. The highest BCUT2D eigenvalue weighted by atomic mass is 32.2. The third kappa shape index (κ3) is 3.19. The number of anilines is 2. The van der Waals surface area contributed by atoms with Gasteiger partial charge in [0.05, 0.1) is 4.90 Å². The predicted molar refractivity (Wildman–Crippen MR) is 81.7 cm³/mol. The predicted octanol–water partition coefficient (Wildman–Crippen LogP) is 0.985. The fourth-order valence-electron chi connectivity index (χ4n) is 1.84. The first-order valence-corrected chi connectivity index (χ1v) is 7.76. The van der Waals surface area contributed by atoms with Crippen molar-refractivity contribution in [3.05, 3.63) is 36.0 Å². The van der Waals surface area contributed by atoms with Crippen LogP contribution in [-0.2, 0) is 17.1 Å². The van der Waals surface area contributed by atoms with Gasteiger partial charge in [-0.05, 0) is 24.3 Å². The number of aryl methyl sites for hydroxylation is 1. The van der Waals surface area contributed by atoms with Gasteiger partial charge in [0, 0.05) is 32.9 Å². The molecule has 1 heterocycles. The van der Waals surface area contributed by atoms with Gasteiger partial charge in [0.25, 0.3) is 10.0 Å². The molecular weight excluding hydrogens is 308 g/mol. The number of hydrogen-bond donors (Lipinski definition) is 2. The maximum Gasteiger partial charge on any atom is 0.354 e. The first-order chi connectivity index (χ1) is 10.2. The Bertz CT molecular complexity index is 794. The molecule has 1 aromatic heterocycles. The Kier molecular flexibility index (Phi) is 4.09. The molecule has 0 unspecified atom stereocenters. The van der Waals surface area contributed by atoms with E-state index in [0.29, 0.717) is 0 Å². The van der Waals surface area contributed by atoms with Crippen molar-refractivity contribution in [1.29, 1.82) is 0 Å². The smallest absolute Gasteiger partial charge is 0.354 e. The summed E-state index contributed by atoms with van der Waals surface area (Å²) in [5.74, 6) is -1.23. The van der Waals surface area contributed by atoms with E-state index in [1.807, 2.05) is 19.0 Å². The summed E-state index contributed by atoms with van der Waals surface area (Å²) in [6.07, 6.45) is 0. The summed E-state index contributed by atoms with van der Waals surface area (Å²) in [5.41, 5.74) is 0.755. The molecule has 8 nitrogen and oxygen atoms in total. The molecule has 1 aromatic carbocycles. The summed E-state index contributed by atoms with van der Waals surface area (Å²) in [4.78, 5) is 12.8. The van der Waals surface area contributed by atoms with E-state index in [-0.39, 0.29) is 16.4 Å². The van der Waals surface area contributed by atoms with Gasteiger partial charge in [0.15, 0.2) is 5.82 Å². The van der Waals surface area contributed by atoms with Crippen LogP contribution >= 0.6 is 0 Å². The zero-order valence-corrected chi connectivity index (χ0v) is 13.1. The van der Waals surface area contributed by atoms with Crippen LogP contribution in [0.15, 0.2) is 35.2 Å². The number of hydrogen-bond acceptors (Lipinski definition) is 5. The van der Waals surface area contributed by atoms with Gasteiger partial charge in [-0.3, -0.25) is 9.40 Å². The van der Waals surface area contributed by atoms with E-state index in [9.17, 15) is 13.2 Å². The van der Waals surface area contributed by atoms with Crippen LogP contribution in [0, 0.1) is 0 Å². The molecule has 0 saturated carbocycles. The monoisotopic (exact) mass is 324 g/mol. The van der Waals surface area contributed by atoms with Gasteiger partial charge in [0.1, 0.15) is 5.69 Å². The molecule has 2 N–H and O–H groups in total. The molecule has 0 amide bonds. The maximum atomic E-state index is 12.3. The van der Waals surface area contributed by atoms with Gasteiger partial charge >= 0.3 is 5.97 Å². The number of aromatic nitrogens is 2. The van der Waals surface area contributed by atoms with Crippen LogP contribution in [0.2, 0.25) is 0 Å². The molecule has 0 aliphatic carbocycles. The van der Waals surface area contributed by atoms with Crippen LogP contribution in [0.3, 0.4) is 0 Å². The summed E-state index contributed by atoms with van der Waals surface area (Å²) < 4.78 is 27.9. The van der Waals surface area contributed by atoms with Gasteiger partial charge in [-0.15, -0.1) is 0 Å². The van der Waals surface area contributed by atoms with Crippen LogP contribution in [0.4, 0.5) is 11.5 Å². The third-order valence-corrected chi connectivity index (χ3v) is 4.37. The molecule has 0 spiro atoms. The molecule has 0 bridgehead atoms. The molecule has 2 rings (SSSR count). The average Bonchev–Trinajstić information content (AvgIpc) is 2.79. The Balaban J connectivity index is 2.27. The maximum absolute atomic E-state index is 12.3. The van der Waals surface area contributed by atoms with Gasteiger partial charge in [-0.1, -0.05) is 0 Å². The van der Waals surface area contributed by atoms with Crippen molar-refractivity contribution >= 4 is 27.5 Å². The number of aromatic carboxylic acids is 1. The van der Waals surface area contributed by atoms with Gasteiger partial charge in [0.2, 0.25) is 0 Å². The molecule has 9 heteroatoms. The summed E-state index contributed by atoms with van der Waals surface area (Å²) in [6, 6.07) is 7.46. The van der Waals surface area contributed by atoms with Crippen LogP contribution < -0.4 is 9.62 Å². The van der Waals surface area contributed by atoms with Crippen LogP contribution in [0.25, 0.3) is 0 Å². The number of carboxylic acids is 1. The Morgan fingerprint density at radius 2 is 1.86 bits per heavy atom. The lowest BCUT2D eigenvalue weighted by Gasteiger charge is -2.12. The van der Waals surface area contributed by atoms with Gasteiger partial charge in [-0.25, -0.2) is 13.2 Å². The second-order valence-electron chi connectivity index (χ2n) is 4.84. The molecule has 0 fully saturated rings. The van der Waals surface area contributed by atoms with Crippen molar-refractivity contribution in [1.82, 2.24) is 9.78 Å². The van der Waals surface area contributed by atoms with Crippen molar-refractivity contribution in [3.63, 3.8) is 0 Å². The highest BCUT2D eigenvalue weighted by Gasteiger charge is 2.18. The fourth-order valence-corrected chi connectivity index (χ4v) is 2.82. The Morgan fingerprint density at radius 1 is 1.27 bits per heavy atom. The number of nitrogens with one attached hydrogen (secondary N) is 1. The van der Waals surface area contributed by atoms with Crippen LogP contribution in [0.1, 0.15) is 10.5 Å². The van der Waals surface area contributed by atoms with E-state index in [1.165, 1.54) is 19.2 Å². The van der Waals surface area contributed by atoms with Crippen molar-refractivity contribution < 1.29 is 18.3 Å². The lowest BCUT2D eigenvalue weighted by atomic mass is 10.3. The van der Waals surface area contributed by atoms with Crippen LogP contribution in [0.5, 0.6) is 0 Å². The minimum Gasteiger partial charge on any atom is -0.477 e. The molecule has 0 atom stereocenters. The topological polar surface area (TPSA) is 105 Å². The Labute approximate surface area is 128 Å². The minimum absolute atomic E-state index is 0.0448. The molecule has 0 saturated heterocycles. The quantitative estimate of drug-likeness (QED) is 0.850. The van der Waals surface area contributed by atoms with Gasteiger partial charge < -0.3 is 10.0 Å². The summed E-state index contributed by atoms with van der Waals surface area (Å²) in [6.45, 7) is 0. The first-order valence-electron chi connectivity index (χ1n) is 6.28. The second-order valence-corrected chi connectivity index (χ2v) is 6.52. The second kappa shape index (κ2) is 5.68.